The number of ether oxygens (including phenoxy) is 2. The van der Waals surface area contributed by atoms with Crippen molar-refractivity contribution in [1.82, 2.24) is 0 Å². The number of carbonyl (C=O) groups is 2. The van der Waals surface area contributed by atoms with Gasteiger partial charge in [-0.1, -0.05) is 116 Å². The lowest BCUT2D eigenvalue weighted by Gasteiger charge is -2.44. The van der Waals surface area contributed by atoms with Crippen molar-refractivity contribution in [1.29, 1.82) is 0 Å². The van der Waals surface area contributed by atoms with E-state index in [4.69, 9.17) is 18.5 Å². The van der Waals surface area contributed by atoms with Crippen LogP contribution in [0.15, 0.2) is 0 Å². The number of phosphoric ester groups is 3. The normalized spacial score (nSPS) is 23.0. The van der Waals surface area contributed by atoms with Crippen LogP contribution < -0.4 is 0 Å². The molecule has 1 rings (SSSR count). The fourth-order valence-corrected chi connectivity index (χ4v) is 8.72. The second-order valence-corrected chi connectivity index (χ2v) is 18.9. The summed E-state index contributed by atoms with van der Waals surface area (Å²) in [5.41, 5.74) is 0. The molecule has 0 aromatic rings. The molecule has 1 fully saturated rings. The average molecular weight is 919 g/mol. The van der Waals surface area contributed by atoms with Crippen LogP contribution in [0.5, 0.6) is 0 Å². The lowest BCUT2D eigenvalue weighted by atomic mass is 9.85. The van der Waals surface area contributed by atoms with Crippen molar-refractivity contribution in [2.45, 2.75) is 191 Å². The van der Waals surface area contributed by atoms with E-state index in [0.717, 1.165) is 76.4 Å². The molecule has 0 heterocycles. The molecule has 0 saturated heterocycles. The largest absolute Gasteiger partial charge is 0.472 e. The van der Waals surface area contributed by atoms with Crippen LogP contribution in [0.1, 0.15) is 148 Å². The lowest BCUT2D eigenvalue weighted by molar-refractivity contribution is -0.213. The molecule has 8 atom stereocenters. The maximum atomic E-state index is 13.0. The summed E-state index contributed by atoms with van der Waals surface area (Å²) >= 11 is 4.19. The van der Waals surface area contributed by atoms with Gasteiger partial charge in [-0.3, -0.25) is 27.7 Å². The first-order valence-electron chi connectivity index (χ1n) is 20.4. The van der Waals surface area contributed by atoms with Crippen LogP contribution in [-0.2, 0) is 50.9 Å². The number of hydrogen-bond acceptors (Lipinski definition) is 15. The zero-order valence-electron chi connectivity index (χ0n) is 33.6. The second kappa shape index (κ2) is 30.5. The molecule has 23 heteroatoms. The van der Waals surface area contributed by atoms with E-state index >= 15 is 0 Å². The van der Waals surface area contributed by atoms with Crippen LogP contribution in [-0.4, -0.2) is 113 Å². The van der Waals surface area contributed by atoms with Gasteiger partial charge in [-0.05, 0) is 25.0 Å². The molecule has 1 aliphatic rings. The van der Waals surface area contributed by atoms with Crippen LogP contribution >= 0.6 is 36.1 Å². The van der Waals surface area contributed by atoms with Crippen molar-refractivity contribution in [2.24, 2.45) is 0 Å². The summed E-state index contributed by atoms with van der Waals surface area (Å²) < 4.78 is 65.1. The van der Waals surface area contributed by atoms with Crippen molar-refractivity contribution in [3.05, 3.63) is 0 Å². The van der Waals surface area contributed by atoms with Gasteiger partial charge in [0.05, 0.1) is 6.61 Å². The molecule has 0 aromatic heterocycles. The fourth-order valence-electron chi connectivity index (χ4n) is 6.39. The first-order valence-corrected chi connectivity index (χ1v) is 25.6. The number of aliphatic hydroxyl groups is 3. The van der Waals surface area contributed by atoms with E-state index in [9.17, 15) is 63.1 Å². The van der Waals surface area contributed by atoms with Crippen LogP contribution in [0.25, 0.3) is 0 Å². The topological polar surface area (TPSA) is 303 Å². The van der Waals surface area contributed by atoms with Crippen molar-refractivity contribution in [3.8, 4) is 0 Å². The molecular formula is C35H69O19P3S. The minimum atomic E-state index is -5.54. The number of thiol groups is 1. The maximum Gasteiger partial charge on any atom is 0.472 e. The Kier molecular flexibility index (Phi) is 29.2. The number of hydrogen-bond donors (Lipinski definition) is 9. The number of unbranched alkanes of at least 4 members (excludes halogenated alkanes) is 18. The number of carbonyl (C=O) groups excluding carboxylic acids is 2. The molecule has 0 bridgehead atoms. The molecule has 8 N–H and O–H groups in total. The van der Waals surface area contributed by atoms with Crippen molar-refractivity contribution in [3.63, 3.8) is 0 Å². The Balaban J connectivity index is 2.82. The van der Waals surface area contributed by atoms with Gasteiger partial charge in [0.2, 0.25) is 0 Å². The Labute approximate surface area is 347 Å². The number of phosphoric acid groups is 3. The van der Waals surface area contributed by atoms with Gasteiger partial charge < -0.3 is 49.3 Å². The number of esters is 2. The molecule has 0 spiro atoms. The van der Waals surface area contributed by atoms with E-state index in [0.29, 0.717) is 12.8 Å². The Morgan fingerprint density at radius 2 is 0.897 bits per heavy atom. The summed E-state index contributed by atoms with van der Waals surface area (Å²) in [5, 5.41) is 31.7. The number of rotatable bonds is 35. The van der Waals surface area contributed by atoms with Crippen molar-refractivity contribution < 1.29 is 90.6 Å². The predicted molar refractivity (Wildman–Crippen MR) is 214 cm³/mol. The average Bonchev–Trinajstić information content (AvgIpc) is 3.14. The van der Waals surface area contributed by atoms with Gasteiger partial charge in [-0.15, -0.1) is 0 Å². The van der Waals surface area contributed by atoms with E-state index in [1.165, 1.54) is 44.9 Å². The number of aliphatic hydroxyl groups excluding tert-OH is 3. The van der Waals surface area contributed by atoms with Gasteiger partial charge in [0.25, 0.3) is 0 Å². The summed E-state index contributed by atoms with van der Waals surface area (Å²) in [7, 11) is -16.6. The van der Waals surface area contributed by atoms with E-state index in [1.54, 1.807) is 0 Å². The standard InChI is InChI=1S/C35H69O19P3S/c1-2-3-4-5-6-7-8-9-10-11-13-17-20-23-29(37)51-27(25-49-28(36)22-19-16-14-12-15-18-21-24-58)26-50-57(47,48)54-35-31(39)33(52-55(41,42)43)30(38)34(32(35)40)53-56(44,45)46/h27,30-35,38-40,58H,2-26H2,1H3,(H,47,48)(H2,41,42,43)(H2,44,45,46)/t27-,30?,31-,32?,33-,34+,35?/m1/s1. The highest BCUT2D eigenvalue weighted by molar-refractivity contribution is 7.80. The lowest BCUT2D eigenvalue weighted by Crippen LogP contribution is -2.65. The third kappa shape index (κ3) is 26.8. The Hall–Kier alpha value is -0.500. The maximum absolute atomic E-state index is 13.0. The SMILES string of the molecule is CCCCCCCCCCCCCCCC(=O)O[C@H](COC(=O)CCCCCCCCCS)COP(=O)(O)OC1C(O)[C@@H](OP(=O)(O)O)C(O)[C@@H](OP(=O)(O)O)[C@H]1O. The van der Waals surface area contributed by atoms with Gasteiger partial charge in [0, 0.05) is 12.8 Å². The second-order valence-electron chi connectivity index (χ2n) is 14.7. The molecular weight excluding hydrogens is 849 g/mol. The molecule has 0 aliphatic heterocycles. The quantitative estimate of drug-likeness (QED) is 0.0163. The van der Waals surface area contributed by atoms with Crippen LogP contribution in [0.4, 0.5) is 0 Å². The predicted octanol–water partition coefficient (Wildman–Crippen LogP) is 5.53. The molecule has 0 amide bonds. The molecule has 344 valence electrons. The third-order valence-corrected chi connectivity index (χ3v) is 11.8. The molecule has 4 unspecified atom stereocenters. The van der Waals surface area contributed by atoms with Gasteiger partial charge in [-0.25, -0.2) is 13.7 Å². The zero-order chi connectivity index (χ0) is 43.6. The molecule has 0 aromatic carbocycles. The molecule has 58 heavy (non-hydrogen) atoms. The van der Waals surface area contributed by atoms with E-state index in [2.05, 4.69) is 28.6 Å². The smallest absolute Gasteiger partial charge is 0.462 e. The summed E-state index contributed by atoms with van der Waals surface area (Å²) in [5.74, 6) is -0.487. The highest BCUT2D eigenvalue weighted by Crippen LogP contribution is 2.51. The van der Waals surface area contributed by atoms with E-state index in [-0.39, 0.29) is 12.8 Å². The van der Waals surface area contributed by atoms with Crippen LogP contribution in [0.3, 0.4) is 0 Å². The third-order valence-electron chi connectivity index (χ3n) is 9.47. The minimum Gasteiger partial charge on any atom is -0.462 e. The Morgan fingerprint density at radius 1 is 0.534 bits per heavy atom. The van der Waals surface area contributed by atoms with Crippen LogP contribution in [0, 0.1) is 0 Å². The van der Waals surface area contributed by atoms with Crippen molar-refractivity contribution >= 4 is 48.0 Å². The highest BCUT2D eigenvalue weighted by atomic mass is 32.1. The molecule has 1 saturated carbocycles. The fraction of sp³-hybridized carbons (Fsp3) is 0.943. The first-order chi connectivity index (χ1) is 27.3. The molecule has 1 aliphatic carbocycles. The first kappa shape index (κ1) is 55.5. The van der Waals surface area contributed by atoms with Gasteiger partial charge in [-0.2, -0.15) is 12.6 Å². The molecule has 19 nitrogen and oxygen atoms in total. The molecule has 0 radical (unpaired) electrons. The Bertz CT molecular complexity index is 1230. The summed E-state index contributed by atoms with van der Waals surface area (Å²) in [6.07, 6.45) is 4.45. The zero-order valence-corrected chi connectivity index (χ0v) is 37.2. The highest BCUT2D eigenvalue weighted by Gasteiger charge is 2.56. The van der Waals surface area contributed by atoms with E-state index in [1.807, 2.05) is 0 Å². The minimum absolute atomic E-state index is 0.00577. The summed E-state index contributed by atoms with van der Waals surface area (Å²) in [6.45, 7) is 0.692. The summed E-state index contributed by atoms with van der Waals surface area (Å²) in [4.78, 5) is 72.7. The summed E-state index contributed by atoms with van der Waals surface area (Å²) in [6, 6.07) is 0. The van der Waals surface area contributed by atoms with Crippen molar-refractivity contribution in [2.75, 3.05) is 19.0 Å². The monoisotopic (exact) mass is 918 g/mol. The van der Waals surface area contributed by atoms with Gasteiger partial charge >= 0.3 is 35.4 Å². The Morgan fingerprint density at radius 3 is 1.29 bits per heavy atom. The van der Waals surface area contributed by atoms with Gasteiger partial charge in [0.15, 0.2) is 6.10 Å². The van der Waals surface area contributed by atoms with Gasteiger partial charge in [0.1, 0.15) is 43.2 Å². The van der Waals surface area contributed by atoms with E-state index < -0.39 is 91.3 Å². The van der Waals surface area contributed by atoms with Crippen LogP contribution in [0.2, 0.25) is 0 Å².